The van der Waals surface area contributed by atoms with Gasteiger partial charge in [0.25, 0.3) is 0 Å². The van der Waals surface area contributed by atoms with Gasteiger partial charge in [-0.25, -0.2) is 4.98 Å². The first-order chi connectivity index (χ1) is 7.27. The summed E-state index contributed by atoms with van der Waals surface area (Å²) in [5, 5.41) is 2.79. The molecule has 0 saturated heterocycles. The lowest BCUT2D eigenvalue weighted by molar-refractivity contribution is -0.139. The van der Waals surface area contributed by atoms with Crippen molar-refractivity contribution in [1.29, 1.82) is 0 Å². The van der Waals surface area contributed by atoms with Gasteiger partial charge >= 0.3 is 0 Å². The van der Waals surface area contributed by atoms with E-state index < -0.39 is 5.60 Å². The van der Waals surface area contributed by atoms with Gasteiger partial charge in [-0.1, -0.05) is 0 Å². The Morgan fingerprint density at radius 3 is 2.87 bits per heavy atom. The molecular weight excluding hydrogens is 210 g/mol. The fraction of sp³-hybridized carbons (Fsp3) is 0.636. The Morgan fingerprint density at radius 1 is 1.60 bits per heavy atom. The molecule has 1 aromatic rings. The average Bonchev–Trinajstić information content (AvgIpc) is 2.87. The summed E-state index contributed by atoms with van der Waals surface area (Å²) in [6, 6.07) is 0. The van der Waals surface area contributed by atoms with Gasteiger partial charge in [0.15, 0.2) is 5.78 Å². The lowest BCUT2D eigenvalue weighted by atomic mass is 9.94. The fourth-order valence-corrected chi connectivity index (χ4v) is 2.80. The highest BCUT2D eigenvalue weighted by atomic mass is 32.1. The number of hydrogen-bond donors (Lipinski definition) is 0. The van der Waals surface area contributed by atoms with Crippen LogP contribution in [0.5, 0.6) is 0 Å². The molecule has 3 nitrogen and oxygen atoms in total. The third kappa shape index (κ3) is 2.11. The molecule has 0 atom stereocenters. The van der Waals surface area contributed by atoms with E-state index in [9.17, 15) is 4.79 Å². The van der Waals surface area contributed by atoms with Crippen molar-refractivity contribution in [1.82, 2.24) is 4.98 Å². The van der Waals surface area contributed by atoms with Crippen molar-refractivity contribution >= 4 is 17.1 Å². The van der Waals surface area contributed by atoms with Gasteiger partial charge in [0.05, 0.1) is 11.4 Å². The van der Waals surface area contributed by atoms with Gasteiger partial charge in [0, 0.05) is 18.7 Å². The lowest BCUT2D eigenvalue weighted by Gasteiger charge is -2.25. The number of ketones is 1. The first-order valence-corrected chi connectivity index (χ1v) is 6.12. The molecule has 1 aromatic heterocycles. The van der Waals surface area contributed by atoms with Gasteiger partial charge in [-0.15, -0.1) is 11.3 Å². The Hall–Kier alpha value is -0.740. The highest BCUT2D eigenvalue weighted by Gasteiger charge is 2.40. The summed E-state index contributed by atoms with van der Waals surface area (Å²) in [6.07, 6.45) is 6.09. The van der Waals surface area contributed by atoms with Crippen molar-refractivity contribution in [3.8, 4) is 0 Å². The van der Waals surface area contributed by atoms with E-state index in [1.54, 1.807) is 13.3 Å². The fourth-order valence-electron chi connectivity index (χ4n) is 2.18. The van der Waals surface area contributed by atoms with E-state index in [1.165, 1.54) is 11.3 Å². The number of Topliss-reactive ketones (excluding diaryl/α,β-unsaturated/α-hetero) is 1. The molecule has 1 fully saturated rings. The molecule has 0 aromatic carbocycles. The number of ether oxygens (including phenoxy) is 1. The van der Waals surface area contributed by atoms with Crippen molar-refractivity contribution in [2.75, 3.05) is 7.11 Å². The zero-order valence-corrected chi connectivity index (χ0v) is 9.68. The second-order valence-electron chi connectivity index (χ2n) is 3.93. The minimum absolute atomic E-state index is 0.192. The second-order valence-corrected chi connectivity index (χ2v) is 4.91. The predicted octanol–water partition coefficient (Wildman–Crippen LogP) is 2.21. The Bertz CT molecular complexity index is 328. The van der Waals surface area contributed by atoms with Gasteiger partial charge in [0.1, 0.15) is 5.60 Å². The SMILES string of the molecule is COC1(C(=O)Cc2nccs2)CCCC1. The topological polar surface area (TPSA) is 39.2 Å². The summed E-state index contributed by atoms with van der Waals surface area (Å²) in [7, 11) is 1.64. The maximum atomic E-state index is 12.1. The van der Waals surface area contributed by atoms with E-state index in [1.807, 2.05) is 5.38 Å². The average molecular weight is 225 g/mol. The summed E-state index contributed by atoms with van der Waals surface area (Å²) in [5.74, 6) is 0.192. The van der Waals surface area contributed by atoms with Crippen LogP contribution in [0.1, 0.15) is 30.7 Å². The van der Waals surface area contributed by atoms with Crippen LogP contribution in [0, 0.1) is 0 Å². The highest BCUT2D eigenvalue weighted by molar-refractivity contribution is 7.09. The van der Waals surface area contributed by atoms with E-state index in [-0.39, 0.29) is 5.78 Å². The molecule has 0 radical (unpaired) electrons. The summed E-state index contributed by atoms with van der Waals surface area (Å²) in [6.45, 7) is 0. The molecule has 15 heavy (non-hydrogen) atoms. The number of thiazole rings is 1. The van der Waals surface area contributed by atoms with Gasteiger partial charge in [-0.05, 0) is 25.7 Å². The van der Waals surface area contributed by atoms with Crippen LogP contribution in [0.2, 0.25) is 0 Å². The van der Waals surface area contributed by atoms with Gasteiger partial charge in [0.2, 0.25) is 0 Å². The molecular formula is C11H15NO2S. The third-order valence-electron chi connectivity index (χ3n) is 3.11. The van der Waals surface area contributed by atoms with Crippen LogP contribution in [0.4, 0.5) is 0 Å². The molecule has 0 aliphatic heterocycles. The van der Waals surface area contributed by atoms with Crippen molar-refractivity contribution in [3.05, 3.63) is 16.6 Å². The second kappa shape index (κ2) is 4.41. The van der Waals surface area contributed by atoms with Gasteiger partial charge in [-0.3, -0.25) is 4.79 Å². The summed E-state index contributed by atoms with van der Waals surface area (Å²) in [5.41, 5.74) is -0.508. The first kappa shape index (κ1) is 10.8. The van der Waals surface area contributed by atoms with Crippen molar-refractivity contribution in [2.24, 2.45) is 0 Å². The van der Waals surface area contributed by atoms with Crippen molar-refractivity contribution in [3.63, 3.8) is 0 Å². The number of carbonyl (C=O) groups excluding carboxylic acids is 1. The Kier molecular flexibility index (Phi) is 3.17. The van der Waals surface area contributed by atoms with Crippen LogP contribution in [-0.4, -0.2) is 23.5 Å². The zero-order valence-electron chi connectivity index (χ0n) is 8.86. The maximum Gasteiger partial charge on any atom is 0.171 e. The van der Waals surface area contributed by atoms with Crippen LogP contribution in [0.3, 0.4) is 0 Å². The molecule has 1 saturated carbocycles. The third-order valence-corrected chi connectivity index (χ3v) is 3.89. The van der Waals surface area contributed by atoms with Crippen LogP contribution < -0.4 is 0 Å². The van der Waals surface area contributed by atoms with Crippen LogP contribution in [-0.2, 0) is 16.0 Å². The number of carbonyl (C=O) groups is 1. The molecule has 0 unspecified atom stereocenters. The highest BCUT2D eigenvalue weighted by Crippen LogP contribution is 2.34. The monoisotopic (exact) mass is 225 g/mol. The Balaban J connectivity index is 2.06. The number of aromatic nitrogens is 1. The smallest absolute Gasteiger partial charge is 0.171 e. The minimum Gasteiger partial charge on any atom is -0.370 e. The van der Waals surface area contributed by atoms with E-state index in [2.05, 4.69) is 4.98 Å². The molecule has 0 amide bonds. The standard InChI is InChI=1S/C11H15NO2S/c1-14-11(4-2-3-5-11)9(13)8-10-12-6-7-15-10/h6-7H,2-5,8H2,1H3. The number of methoxy groups -OCH3 is 1. The van der Waals surface area contributed by atoms with Crippen molar-refractivity contribution in [2.45, 2.75) is 37.7 Å². The number of rotatable bonds is 4. The summed E-state index contributed by atoms with van der Waals surface area (Å²) < 4.78 is 5.44. The van der Waals surface area contributed by atoms with Crippen LogP contribution in [0.25, 0.3) is 0 Å². The zero-order chi connectivity index (χ0) is 10.7. The normalized spacial score (nSPS) is 19.3. The van der Waals surface area contributed by atoms with Crippen molar-refractivity contribution < 1.29 is 9.53 Å². The van der Waals surface area contributed by atoms with E-state index in [0.29, 0.717) is 6.42 Å². The Labute approximate surface area is 93.5 Å². The minimum atomic E-state index is -0.508. The molecule has 0 N–H and O–H groups in total. The number of hydrogen-bond acceptors (Lipinski definition) is 4. The van der Waals surface area contributed by atoms with Gasteiger partial charge < -0.3 is 4.74 Å². The Morgan fingerprint density at radius 2 is 2.33 bits per heavy atom. The van der Waals surface area contributed by atoms with E-state index in [0.717, 1.165) is 30.7 Å². The predicted molar refractivity (Wildman–Crippen MR) is 59.0 cm³/mol. The molecule has 82 valence electrons. The van der Waals surface area contributed by atoms with E-state index >= 15 is 0 Å². The van der Waals surface area contributed by atoms with Crippen LogP contribution >= 0.6 is 11.3 Å². The quantitative estimate of drug-likeness (QED) is 0.788. The molecule has 0 bridgehead atoms. The molecule has 4 heteroatoms. The van der Waals surface area contributed by atoms with E-state index in [4.69, 9.17) is 4.74 Å². The maximum absolute atomic E-state index is 12.1. The van der Waals surface area contributed by atoms with Crippen LogP contribution in [0.15, 0.2) is 11.6 Å². The molecule has 1 aliphatic rings. The largest absolute Gasteiger partial charge is 0.370 e. The molecule has 1 aliphatic carbocycles. The number of nitrogens with zero attached hydrogens (tertiary/aromatic N) is 1. The van der Waals surface area contributed by atoms with Gasteiger partial charge in [-0.2, -0.15) is 0 Å². The molecule has 1 heterocycles. The summed E-state index contributed by atoms with van der Waals surface area (Å²) in [4.78, 5) is 16.2. The first-order valence-electron chi connectivity index (χ1n) is 5.24. The summed E-state index contributed by atoms with van der Waals surface area (Å²) >= 11 is 1.53. The molecule has 0 spiro atoms. The lowest BCUT2D eigenvalue weighted by Crippen LogP contribution is -2.38. The molecule has 2 rings (SSSR count).